The number of nitro groups is 1. The first-order valence-electron chi connectivity index (χ1n) is 7.48. The zero-order valence-corrected chi connectivity index (χ0v) is 13.0. The van der Waals surface area contributed by atoms with E-state index in [1.54, 1.807) is 24.3 Å². The number of aliphatic hydroxyl groups excluding tert-OH is 1. The van der Waals surface area contributed by atoms with Crippen molar-refractivity contribution in [1.29, 1.82) is 0 Å². The number of benzene rings is 2. The second-order valence-electron chi connectivity index (χ2n) is 5.49. The van der Waals surface area contributed by atoms with E-state index >= 15 is 0 Å². The molecule has 1 N–H and O–H groups in total. The van der Waals surface area contributed by atoms with Crippen LogP contribution in [0, 0.1) is 10.1 Å². The summed E-state index contributed by atoms with van der Waals surface area (Å²) in [5.41, 5.74) is -0.211. The van der Waals surface area contributed by atoms with E-state index in [0.29, 0.717) is 5.75 Å². The molecule has 0 aromatic heterocycles. The van der Waals surface area contributed by atoms with Gasteiger partial charge in [-0.05, 0) is 18.2 Å². The predicted molar refractivity (Wildman–Crippen MR) is 86.4 cm³/mol. The fourth-order valence-corrected chi connectivity index (χ4v) is 2.53. The summed E-state index contributed by atoms with van der Waals surface area (Å²) in [6.07, 6.45) is -1.09. The highest BCUT2D eigenvalue weighted by molar-refractivity contribution is 6.21. The maximum atomic E-state index is 12.3. The number of hydrogen-bond donors (Lipinski definition) is 1. The van der Waals surface area contributed by atoms with Gasteiger partial charge in [-0.3, -0.25) is 24.6 Å². The lowest BCUT2D eigenvalue weighted by molar-refractivity contribution is -0.384. The second kappa shape index (κ2) is 6.70. The summed E-state index contributed by atoms with van der Waals surface area (Å²) in [6, 6.07) is 12.3. The minimum absolute atomic E-state index is 0.0321. The van der Waals surface area contributed by atoms with Crippen molar-refractivity contribution >= 4 is 17.5 Å². The molecule has 128 valence electrons. The average Bonchev–Trinajstić information content (AvgIpc) is 2.85. The third-order valence-corrected chi connectivity index (χ3v) is 3.74. The minimum Gasteiger partial charge on any atom is -0.491 e. The minimum atomic E-state index is -1.09. The molecule has 1 aliphatic rings. The predicted octanol–water partition coefficient (Wildman–Crippen LogP) is 1.63. The Morgan fingerprint density at radius 3 is 2.44 bits per heavy atom. The van der Waals surface area contributed by atoms with Crippen molar-refractivity contribution in [2.75, 3.05) is 13.2 Å². The van der Waals surface area contributed by atoms with Crippen molar-refractivity contribution in [2.45, 2.75) is 6.10 Å². The van der Waals surface area contributed by atoms with E-state index in [-0.39, 0.29) is 30.0 Å². The summed E-state index contributed by atoms with van der Waals surface area (Å²) >= 11 is 0. The fourth-order valence-electron chi connectivity index (χ4n) is 2.53. The summed E-state index contributed by atoms with van der Waals surface area (Å²) in [4.78, 5) is 35.6. The van der Waals surface area contributed by atoms with Crippen molar-refractivity contribution in [3.05, 3.63) is 69.8 Å². The average molecular weight is 342 g/mol. The Hall–Kier alpha value is -3.26. The molecule has 0 unspecified atom stereocenters. The second-order valence-corrected chi connectivity index (χ2v) is 5.49. The summed E-state index contributed by atoms with van der Waals surface area (Å²) < 4.78 is 5.39. The van der Waals surface area contributed by atoms with Crippen LogP contribution in [-0.4, -0.2) is 46.0 Å². The number of carbonyl (C=O) groups is 2. The Morgan fingerprint density at radius 2 is 1.76 bits per heavy atom. The first-order chi connectivity index (χ1) is 12.0. The number of para-hydroxylation sites is 1. The number of amides is 2. The smallest absolute Gasteiger partial charge is 0.270 e. The molecule has 8 heteroatoms. The number of fused-ring (bicyclic) bond motifs is 1. The number of β-amino-alcohol motifs (C(OH)–C–C–N with tert-alkyl or cyclic N) is 1. The standard InChI is InChI=1S/C17H14N2O6/c20-12(10-25-13-4-2-1-3-5-13)9-18-16(21)14-7-6-11(19(23)24)8-15(14)17(18)22/h1-8,12,20H,9-10H2/t12-/m0/s1. The molecule has 0 saturated heterocycles. The molecule has 0 bridgehead atoms. The lowest BCUT2D eigenvalue weighted by Gasteiger charge is -2.18. The largest absolute Gasteiger partial charge is 0.491 e. The molecule has 0 radical (unpaired) electrons. The Bertz CT molecular complexity index is 836. The van der Waals surface area contributed by atoms with Crippen LogP contribution in [-0.2, 0) is 0 Å². The molecule has 0 spiro atoms. The number of rotatable bonds is 6. The maximum Gasteiger partial charge on any atom is 0.270 e. The van der Waals surface area contributed by atoms with Crippen molar-refractivity contribution < 1.29 is 24.4 Å². The Morgan fingerprint density at radius 1 is 1.08 bits per heavy atom. The molecular formula is C17H14N2O6. The lowest BCUT2D eigenvalue weighted by atomic mass is 10.1. The van der Waals surface area contributed by atoms with E-state index in [1.807, 2.05) is 6.07 Å². The SMILES string of the molecule is O=C1c2ccc([N+](=O)[O-])cc2C(=O)N1C[C@H](O)COc1ccccc1. The van der Waals surface area contributed by atoms with Crippen LogP contribution in [0.25, 0.3) is 0 Å². The lowest BCUT2D eigenvalue weighted by Crippen LogP contribution is -2.39. The number of ether oxygens (including phenoxy) is 1. The summed E-state index contributed by atoms with van der Waals surface area (Å²) in [6.45, 7) is -0.357. The molecule has 8 nitrogen and oxygen atoms in total. The molecule has 0 fully saturated rings. The van der Waals surface area contributed by atoms with Crippen LogP contribution >= 0.6 is 0 Å². The van der Waals surface area contributed by atoms with Gasteiger partial charge in [0, 0.05) is 12.1 Å². The van der Waals surface area contributed by atoms with Gasteiger partial charge in [-0.15, -0.1) is 0 Å². The van der Waals surface area contributed by atoms with Gasteiger partial charge in [0.25, 0.3) is 17.5 Å². The number of imide groups is 1. The van der Waals surface area contributed by atoms with E-state index in [1.165, 1.54) is 12.1 Å². The number of nitrogens with zero attached hydrogens (tertiary/aromatic N) is 2. The van der Waals surface area contributed by atoms with Gasteiger partial charge in [0.15, 0.2) is 0 Å². The van der Waals surface area contributed by atoms with Crippen LogP contribution in [0.5, 0.6) is 5.75 Å². The van der Waals surface area contributed by atoms with Gasteiger partial charge < -0.3 is 9.84 Å². The van der Waals surface area contributed by atoms with Crippen LogP contribution in [0.1, 0.15) is 20.7 Å². The summed E-state index contributed by atoms with van der Waals surface area (Å²) in [5, 5.41) is 20.9. The zero-order chi connectivity index (χ0) is 18.0. The normalized spacial score (nSPS) is 14.4. The van der Waals surface area contributed by atoms with Crippen LogP contribution in [0.2, 0.25) is 0 Å². The topological polar surface area (TPSA) is 110 Å². The van der Waals surface area contributed by atoms with Gasteiger partial charge in [-0.25, -0.2) is 0 Å². The van der Waals surface area contributed by atoms with Crippen molar-refractivity contribution in [2.24, 2.45) is 0 Å². The molecule has 3 rings (SSSR count). The molecular weight excluding hydrogens is 328 g/mol. The van der Waals surface area contributed by atoms with Crippen molar-refractivity contribution in [1.82, 2.24) is 4.90 Å². The number of non-ortho nitro benzene ring substituents is 1. The molecule has 25 heavy (non-hydrogen) atoms. The number of nitro benzene ring substituents is 1. The van der Waals surface area contributed by atoms with E-state index < -0.39 is 22.8 Å². The van der Waals surface area contributed by atoms with Gasteiger partial charge in [-0.2, -0.15) is 0 Å². The quantitative estimate of drug-likeness (QED) is 0.485. The van der Waals surface area contributed by atoms with Crippen molar-refractivity contribution in [3.63, 3.8) is 0 Å². The van der Waals surface area contributed by atoms with Crippen LogP contribution in [0.3, 0.4) is 0 Å². The molecule has 0 aliphatic carbocycles. The van der Waals surface area contributed by atoms with E-state index in [9.17, 15) is 24.8 Å². The van der Waals surface area contributed by atoms with Gasteiger partial charge in [-0.1, -0.05) is 18.2 Å². The number of aliphatic hydroxyl groups is 1. The molecule has 0 saturated carbocycles. The van der Waals surface area contributed by atoms with Crippen LogP contribution in [0.4, 0.5) is 5.69 Å². The fraction of sp³-hybridized carbons (Fsp3) is 0.176. The summed E-state index contributed by atoms with van der Waals surface area (Å²) in [7, 11) is 0. The van der Waals surface area contributed by atoms with E-state index in [4.69, 9.17) is 4.74 Å². The maximum absolute atomic E-state index is 12.3. The third-order valence-electron chi connectivity index (χ3n) is 3.74. The number of carbonyl (C=O) groups excluding carboxylic acids is 2. The van der Waals surface area contributed by atoms with Gasteiger partial charge in [0.1, 0.15) is 18.5 Å². The number of hydrogen-bond acceptors (Lipinski definition) is 6. The molecule has 2 aromatic rings. The Balaban J connectivity index is 1.68. The highest BCUT2D eigenvalue weighted by atomic mass is 16.6. The molecule has 1 atom stereocenters. The van der Waals surface area contributed by atoms with Gasteiger partial charge in [0.05, 0.1) is 22.6 Å². The highest BCUT2D eigenvalue weighted by Gasteiger charge is 2.37. The summed E-state index contributed by atoms with van der Waals surface area (Å²) in [5.74, 6) is -0.698. The molecule has 2 aromatic carbocycles. The van der Waals surface area contributed by atoms with Crippen molar-refractivity contribution in [3.8, 4) is 5.75 Å². The molecule has 1 heterocycles. The monoisotopic (exact) mass is 342 g/mol. The highest BCUT2D eigenvalue weighted by Crippen LogP contribution is 2.26. The Labute approximate surface area is 142 Å². The van der Waals surface area contributed by atoms with E-state index in [0.717, 1.165) is 11.0 Å². The van der Waals surface area contributed by atoms with Gasteiger partial charge >= 0.3 is 0 Å². The van der Waals surface area contributed by atoms with Gasteiger partial charge in [0.2, 0.25) is 0 Å². The molecule has 2 amide bonds. The zero-order valence-electron chi connectivity index (χ0n) is 13.0. The Kier molecular flexibility index (Phi) is 4.44. The molecule has 1 aliphatic heterocycles. The van der Waals surface area contributed by atoms with Crippen LogP contribution in [0.15, 0.2) is 48.5 Å². The first kappa shape index (κ1) is 16.6. The van der Waals surface area contributed by atoms with Crippen LogP contribution < -0.4 is 4.74 Å². The third kappa shape index (κ3) is 3.33. The first-order valence-corrected chi connectivity index (χ1v) is 7.48. The van der Waals surface area contributed by atoms with E-state index in [2.05, 4.69) is 0 Å².